The second-order valence-corrected chi connectivity index (χ2v) is 6.70. The van der Waals surface area contributed by atoms with Crippen molar-refractivity contribution in [1.82, 2.24) is 0 Å². The number of nitrogens with one attached hydrogen (secondary N) is 1. The number of ether oxygens (including phenoxy) is 2. The second-order valence-electron chi connectivity index (χ2n) is 6.70. The first-order valence-electron chi connectivity index (χ1n) is 8.14. The van der Waals surface area contributed by atoms with Crippen molar-refractivity contribution in [3.8, 4) is 0 Å². The van der Waals surface area contributed by atoms with Crippen molar-refractivity contribution in [1.29, 1.82) is 0 Å². The van der Waals surface area contributed by atoms with Crippen LogP contribution < -0.4 is 5.32 Å². The molecule has 6 heteroatoms. The molecule has 0 aliphatic heterocycles. The van der Waals surface area contributed by atoms with Crippen LogP contribution in [0.1, 0.15) is 47.1 Å². The minimum atomic E-state index is -0.715. The summed E-state index contributed by atoms with van der Waals surface area (Å²) in [7, 11) is 1.32. The maximum absolute atomic E-state index is 14.2. The third-order valence-corrected chi connectivity index (χ3v) is 3.49. The number of anilines is 1. The molecule has 0 aliphatic rings. The van der Waals surface area contributed by atoms with Crippen LogP contribution in [0.15, 0.2) is 42.5 Å². The van der Waals surface area contributed by atoms with Crippen LogP contribution in [0.25, 0.3) is 0 Å². The molecule has 0 saturated heterocycles. The summed E-state index contributed by atoms with van der Waals surface area (Å²) in [6.07, 6.45) is 0. The van der Waals surface area contributed by atoms with Gasteiger partial charge in [0.2, 0.25) is 0 Å². The van der Waals surface area contributed by atoms with Gasteiger partial charge in [0.1, 0.15) is 17.0 Å². The molecule has 0 bridgehead atoms. The number of carbonyl (C=O) groups excluding carboxylic acids is 2. The van der Waals surface area contributed by atoms with Gasteiger partial charge in [0.05, 0.1) is 12.7 Å². The van der Waals surface area contributed by atoms with E-state index in [-0.39, 0.29) is 12.1 Å². The number of esters is 2. The molecule has 1 N–H and O–H groups in total. The Labute approximate surface area is 152 Å². The van der Waals surface area contributed by atoms with E-state index in [0.717, 1.165) is 5.69 Å². The Balaban J connectivity index is 2.16. The van der Waals surface area contributed by atoms with Gasteiger partial charge in [-0.05, 0) is 56.7 Å². The molecule has 0 fully saturated rings. The number of rotatable bonds is 5. The molecular formula is C20H22FNO4. The molecular weight excluding hydrogens is 337 g/mol. The van der Waals surface area contributed by atoms with E-state index in [2.05, 4.69) is 10.1 Å². The highest BCUT2D eigenvalue weighted by Crippen LogP contribution is 2.20. The van der Waals surface area contributed by atoms with E-state index in [1.807, 2.05) is 0 Å². The summed E-state index contributed by atoms with van der Waals surface area (Å²) < 4.78 is 24.1. The van der Waals surface area contributed by atoms with Crippen LogP contribution in [-0.4, -0.2) is 24.6 Å². The van der Waals surface area contributed by atoms with E-state index >= 15 is 0 Å². The lowest BCUT2D eigenvalue weighted by Crippen LogP contribution is -2.25. The number of hydrogen-bond acceptors (Lipinski definition) is 5. The standard InChI is InChI=1S/C20H22FNO4/c1-20(2,3)26-19(24)17-14(6-5-7-16(17)21)12-22-15-10-8-13(9-11-15)18(23)25-4/h5-11,22H,12H2,1-4H3. The Hall–Kier alpha value is -2.89. The first-order valence-corrected chi connectivity index (χ1v) is 8.14. The van der Waals surface area contributed by atoms with Crippen molar-refractivity contribution in [3.05, 3.63) is 65.0 Å². The molecule has 0 aliphatic carbocycles. The maximum atomic E-state index is 14.2. The number of hydrogen-bond donors (Lipinski definition) is 1. The summed E-state index contributed by atoms with van der Waals surface area (Å²) in [4.78, 5) is 23.8. The lowest BCUT2D eigenvalue weighted by Gasteiger charge is -2.21. The summed E-state index contributed by atoms with van der Waals surface area (Å²) in [5, 5.41) is 3.10. The molecule has 0 radical (unpaired) electrons. The molecule has 0 saturated carbocycles. The zero-order valence-corrected chi connectivity index (χ0v) is 15.3. The third kappa shape index (κ3) is 5.05. The van der Waals surface area contributed by atoms with Crippen LogP contribution in [0.4, 0.5) is 10.1 Å². The molecule has 2 aromatic rings. The van der Waals surface area contributed by atoms with E-state index in [9.17, 15) is 14.0 Å². The van der Waals surface area contributed by atoms with Gasteiger partial charge in [-0.15, -0.1) is 0 Å². The highest BCUT2D eigenvalue weighted by atomic mass is 19.1. The molecule has 26 heavy (non-hydrogen) atoms. The van der Waals surface area contributed by atoms with Crippen molar-refractivity contribution < 1.29 is 23.5 Å². The minimum absolute atomic E-state index is 0.0823. The Morgan fingerprint density at radius 1 is 1.04 bits per heavy atom. The van der Waals surface area contributed by atoms with E-state index in [0.29, 0.717) is 11.1 Å². The van der Waals surface area contributed by atoms with Gasteiger partial charge >= 0.3 is 11.9 Å². The van der Waals surface area contributed by atoms with Crippen molar-refractivity contribution >= 4 is 17.6 Å². The Morgan fingerprint density at radius 3 is 2.27 bits per heavy atom. The molecule has 0 aromatic heterocycles. The molecule has 0 spiro atoms. The molecule has 0 atom stereocenters. The highest BCUT2D eigenvalue weighted by Gasteiger charge is 2.23. The lowest BCUT2D eigenvalue weighted by molar-refractivity contribution is 0.00633. The fourth-order valence-electron chi connectivity index (χ4n) is 2.31. The molecule has 0 amide bonds. The van der Waals surface area contributed by atoms with Crippen molar-refractivity contribution in [2.75, 3.05) is 12.4 Å². The highest BCUT2D eigenvalue weighted by molar-refractivity contribution is 5.92. The number of methoxy groups -OCH3 is 1. The molecule has 138 valence electrons. The van der Waals surface area contributed by atoms with E-state index in [1.165, 1.54) is 13.2 Å². The predicted octanol–water partition coefficient (Wildman–Crippen LogP) is 4.18. The van der Waals surface area contributed by atoms with Crippen molar-refractivity contribution in [3.63, 3.8) is 0 Å². The molecule has 0 unspecified atom stereocenters. The van der Waals surface area contributed by atoms with Gasteiger partial charge in [-0.1, -0.05) is 12.1 Å². The van der Waals surface area contributed by atoms with Gasteiger partial charge in [-0.3, -0.25) is 0 Å². The largest absolute Gasteiger partial charge is 0.465 e. The third-order valence-electron chi connectivity index (χ3n) is 3.49. The summed E-state index contributed by atoms with van der Waals surface area (Å²) in [6, 6.07) is 11.1. The van der Waals surface area contributed by atoms with Crippen LogP contribution in [0.5, 0.6) is 0 Å². The zero-order valence-electron chi connectivity index (χ0n) is 15.3. The predicted molar refractivity (Wildman–Crippen MR) is 96.7 cm³/mol. The van der Waals surface area contributed by atoms with Gasteiger partial charge in [0.15, 0.2) is 0 Å². The quantitative estimate of drug-likeness (QED) is 0.812. The average Bonchev–Trinajstić information content (AvgIpc) is 2.58. The second kappa shape index (κ2) is 7.99. The topological polar surface area (TPSA) is 64.6 Å². The summed E-state index contributed by atoms with van der Waals surface area (Å²) in [6.45, 7) is 5.41. The first kappa shape index (κ1) is 19.4. The fourth-order valence-corrected chi connectivity index (χ4v) is 2.31. The van der Waals surface area contributed by atoms with Crippen LogP contribution in [0.3, 0.4) is 0 Å². The summed E-state index contributed by atoms with van der Waals surface area (Å²) in [5.41, 5.74) is 0.834. The summed E-state index contributed by atoms with van der Waals surface area (Å²) >= 11 is 0. The van der Waals surface area contributed by atoms with Gasteiger partial charge in [-0.2, -0.15) is 0 Å². The van der Waals surface area contributed by atoms with Gasteiger partial charge < -0.3 is 14.8 Å². The van der Waals surface area contributed by atoms with Crippen molar-refractivity contribution in [2.45, 2.75) is 32.9 Å². The summed E-state index contributed by atoms with van der Waals surface area (Å²) in [5.74, 6) is -1.75. The molecule has 2 rings (SSSR count). The van der Waals surface area contributed by atoms with Gasteiger partial charge in [-0.25, -0.2) is 14.0 Å². The smallest absolute Gasteiger partial charge is 0.341 e. The minimum Gasteiger partial charge on any atom is -0.465 e. The number of halogens is 1. The SMILES string of the molecule is COC(=O)c1ccc(NCc2cccc(F)c2C(=O)OC(C)(C)C)cc1. The van der Waals surface area contributed by atoms with E-state index in [4.69, 9.17) is 4.74 Å². The van der Waals surface area contributed by atoms with Crippen LogP contribution in [0, 0.1) is 5.82 Å². The van der Waals surface area contributed by atoms with Crippen molar-refractivity contribution in [2.24, 2.45) is 0 Å². The number of benzene rings is 2. The van der Waals surface area contributed by atoms with Gasteiger partial charge in [0.25, 0.3) is 0 Å². The lowest BCUT2D eigenvalue weighted by atomic mass is 10.1. The average molecular weight is 359 g/mol. The maximum Gasteiger partial charge on any atom is 0.341 e. The van der Waals surface area contributed by atoms with E-state index < -0.39 is 23.4 Å². The molecule has 0 heterocycles. The Morgan fingerprint density at radius 2 is 1.69 bits per heavy atom. The zero-order chi connectivity index (χ0) is 19.3. The molecule has 2 aromatic carbocycles. The first-order chi connectivity index (χ1) is 12.2. The van der Waals surface area contributed by atoms with Crippen LogP contribution in [-0.2, 0) is 16.0 Å². The normalized spacial score (nSPS) is 11.0. The Bertz CT molecular complexity index is 794. The van der Waals surface area contributed by atoms with Crippen LogP contribution in [0.2, 0.25) is 0 Å². The Kier molecular flexibility index (Phi) is 5.97. The van der Waals surface area contributed by atoms with Crippen LogP contribution >= 0.6 is 0 Å². The van der Waals surface area contributed by atoms with E-state index in [1.54, 1.807) is 57.2 Å². The fraction of sp³-hybridized carbons (Fsp3) is 0.300. The molecule has 5 nitrogen and oxygen atoms in total. The monoisotopic (exact) mass is 359 g/mol. The number of carbonyl (C=O) groups is 2. The van der Waals surface area contributed by atoms with Gasteiger partial charge in [0, 0.05) is 12.2 Å².